The van der Waals surface area contributed by atoms with E-state index >= 15 is 0 Å². The molecule has 0 radical (unpaired) electrons. The Bertz CT molecular complexity index is 820. The van der Waals surface area contributed by atoms with Gasteiger partial charge in [-0.25, -0.2) is 4.68 Å². The molecule has 2 aromatic carbocycles. The third-order valence-electron chi connectivity index (χ3n) is 3.13. The minimum absolute atomic E-state index is 0.0604. The highest BCUT2D eigenvalue weighted by Crippen LogP contribution is 2.15. The van der Waals surface area contributed by atoms with Gasteiger partial charge in [-0.1, -0.05) is 41.1 Å². The molecule has 7 heteroatoms. The fourth-order valence-electron chi connectivity index (χ4n) is 2.07. The van der Waals surface area contributed by atoms with Crippen LogP contribution in [0.25, 0.3) is 0 Å². The van der Waals surface area contributed by atoms with Crippen LogP contribution in [0.1, 0.15) is 5.69 Å². The molecule has 1 amide bonds. The van der Waals surface area contributed by atoms with Crippen LogP contribution in [-0.2, 0) is 17.9 Å². The predicted octanol–water partition coefficient (Wildman–Crippen LogP) is 3.15. The van der Waals surface area contributed by atoms with E-state index in [1.165, 1.54) is 4.68 Å². The lowest BCUT2D eigenvalue weighted by Gasteiger charge is -2.05. The highest BCUT2D eigenvalue weighted by Gasteiger charge is 2.07. The zero-order valence-electron chi connectivity index (χ0n) is 12.7. The first kappa shape index (κ1) is 16.0. The first-order valence-corrected chi connectivity index (χ1v) is 7.69. The molecule has 0 aliphatic carbocycles. The second kappa shape index (κ2) is 7.61. The normalized spacial score (nSPS) is 10.4. The number of carbonyl (C=O) groups excluding carboxylic acids is 1. The molecule has 122 valence electrons. The Morgan fingerprint density at radius 2 is 2.00 bits per heavy atom. The van der Waals surface area contributed by atoms with Gasteiger partial charge in [-0.05, 0) is 30.3 Å². The number of nitrogens with zero attached hydrogens (tertiary/aromatic N) is 3. The number of carbonyl (C=O) groups is 1. The summed E-state index contributed by atoms with van der Waals surface area (Å²) in [6.07, 6.45) is 1.68. The maximum atomic E-state index is 12.0. The minimum atomic E-state index is -0.210. The van der Waals surface area contributed by atoms with Crippen LogP contribution in [0.5, 0.6) is 5.75 Å². The maximum absolute atomic E-state index is 12.0. The number of rotatable bonds is 6. The number of amides is 1. The van der Waals surface area contributed by atoms with Gasteiger partial charge in [0.1, 0.15) is 24.6 Å². The summed E-state index contributed by atoms with van der Waals surface area (Å²) < 4.78 is 7.05. The molecule has 0 aliphatic heterocycles. The Kier molecular flexibility index (Phi) is 5.08. The molecule has 24 heavy (non-hydrogen) atoms. The fourth-order valence-corrected chi connectivity index (χ4v) is 2.26. The van der Waals surface area contributed by atoms with Crippen LogP contribution in [0.2, 0.25) is 5.02 Å². The Morgan fingerprint density at radius 3 is 2.79 bits per heavy atom. The second-order valence-electron chi connectivity index (χ2n) is 5.07. The summed E-state index contributed by atoms with van der Waals surface area (Å²) in [7, 11) is 0. The highest BCUT2D eigenvalue weighted by molar-refractivity contribution is 6.30. The molecule has 3 rings (SSSR count). The fraction of sp³-hybridized carbons (Fsp3) is 0.118. The summed E-state index contributed by atoms with van der Waals surface area (Å²) in [4.78, 5) is 12.0. The van der Waals surface area contributed by atoms with E-state index in [1.807, 2.05) is 30.3 Å². The van der Waals surface area contributed by atoms with E-state index in [9.17, 15) is 4.79 Å². The number of nitrogens with one attached hydrogen (secondary N) is 1. The van der Waals surface area contributed by atoms with Crippen LogP contribution in [0.3, 0.4) is 0 Å². The van der Waals surface area contributed by atoms with E-state index in [-0.39, 0.29) is 12.5 Å². The molecule has 3 aromatic rings. The Hall–Kier alpha value is -2.86. The number of aromatic nitrogens is 3. The van der Waals surface area contributed by atoms with E-state index in [4.69, 9.17) is 16.3 Å². The molecule has 0 fully saturated rings. The molecule has 0 atom stereocenters. The molecular weight excluding hydrogens is 328 g/mol. The van der Waals surface area contributed by atoms with E-state index in [1.54, 1.807) is 30.5 Å². The summed E-state index contributed by atoms with van der Waals surface area (Å²) in [5.74, 6) is 0.545. The van der Waals surface area contributed by atoms with E-state index in [2.05, 4.69) is 15.6 Å². The summed E-state index contributed by atoms with van der Waals surface area (Å²) in [5.41, 5.74) is 1.29. The van der Waals surface area contributed by atoms with Gasteiger partial charge in [0, 0.05) is 10.7 Å². The lowest BCUT2D eigenvalue weighted by molar-refractivity contribution is -0.116. The van der Waals surface area contributed by atoms with Crippen molar-refractivity contribution in [2.75, 3.05) is 5.32 Å². The van der Waals surface area contributed by atoms with Gasteiger partial charge in [0.2, 0.25) is 5.91 Å². The predicted molar refractivity (Wildman–Crippen MR) is 90.9 cm³/mol. The van der Waals surface area contributed by atoms with Gasteiger partial charge in [0.15, 0.2) is 0 Å². The van der Waals surface area contributed by atoms with Crippen molar-refractivity contribution in [1.29, 1.82) is 0 Å². The highest BCUT2D eigenvalue weighted by atomic mass is 35.5. The number of para-hydroxylation sites is 1. The third kappa shape index (κ3) is 4.57. The number of halogens is 1. The Morgan fingerprint density at radius 1 is 1.17 bits per heavy atom. The van der Waals surface area contributed by atoms with Gasteiger partial charge >= 0.3 is 0 Å². The smallest absolute Gasteiger partial charge is 0.246 e. The van der Waals surface area contributed by atoms with Crippen molar-refractivity contribution in [3.8, 4) is 5.75 Å². The molecule has 1 N–H and O–H groups in total. The van der Waals surface area contributed by atoms with Crippen molar-refractivity contribution in [1.82, 2.24) is 15.0 Å². The average molecular weight is 343 g/mol. The molecular formula is C17H15ClN4O2. The number of hydrogen-bond acceptors (Lipinski definition) is 4. The molecule has 6 nitrogen and oxygen atoms in total. The molecule has 0 saturated heterocycles. The third-order valence-corrected chi connectivity index (χ3v) is 3.37. The van der Waals surface area contributed by atoms with Crippen LogP contribution in [-0.4, -0.2) is 20.9 Å². The number of ether oxygens (including phenoxy) is 1. The maximum Gasteiger partial charge on any atom is 0.246 e. The molecule has 0 unspecified atom stereocenters. The molecule has 1 aromatic heterocycles. The lowest BCUT2D eigenvalue weighted by atomic mass is 10.3. The first-order valence-electron chi connectivity index (χ1n) is 7.31. The van der Waals surface area contributed by atoms with Gasteiger partial charge in [-0.2, -0.15) is 0 Å². The van der Waals surface area contributed by atoms with Gasteiger partial charge in [-0.15, -0.1) is 5.10 Å². The quantitative estimate of drug-likeness (QED) is 0.747. The number of hydrogen-bond donors (Lipinski definition) is 1. The zero-order chi connectivity index (χ0) is 16.8. The van der Waals surface area contributed by atoms with Crippen molar-refractivity contribution in [2.45, 2.75) is 13.2 Å². The molecule has 0 bridgehead atoms. The standard InChI is InChI=1S/C17H15ClN4O2/c18-13-5-4-6-14(9-13)19-17(23)11-22-10-15(20-21-22)12-24-16-7-2-1-3-8-16/h1-10H,11-12H2,(H,19,23). The number of benzene rings is 2. The van der Waals surface area contributed by atoms with Gasteiger partial charge in [0.05, 0.1) is 6.20 Å². The molecule has 0 aliphatic rings. The van der Waals surface area contributed by atoms with Crippen molar-refractivity contribution in [2.24, 2.45) is 0 Å². The summed E-state index contributed by atoms with van der Waals surface area (Å²) >= 11 is 5.88. The second-order valence-corrected chi connectivity index (χ2v) is 5.50. The number of anilines is 1. The summed E-state index contributed by atoms with van der Waals surface area (Å²) in [6.45, 7) is 0.352. The lowest BCUT2D eigenvalue weighted by Crippen LogP contribution is -2.19. The minimum Gasteiger partial charge on any atom is -0.487 e. The molecule has 0 saturated carbocycles. The van der Waals surface area contributed by atoms with E-state index in [0.717, 1.165) is 5.75 Å². The van der Waals surface area contributed by atoms with Gasteiger partial charge in [0.25, 0.3) is 0 Å². The van der Waals surface area contributed by atoms with Crippen LogP contribution in [0.4, 0.5) is 5.69 Å². The van der Waals surface area contributed by atoms with Crippen LogP contribution < -0.4 is 10.1 Å². The van der Waals surface area contributed by atoms with Crippen molar-refractivity contribution < 1.29 is 9.53 Å². The zero-order valence-corrected chi connectivity index (χ0v) is 13.5. The molecule has 1 heterocycles. The topological polar surface area (TPSA) is 69.0 Å². The van der Waals surface area contributed by atoms with Crippen molar-refractivity contribution >= 4 is 23.2 Å². The molecule has 0 spiro atoms. The summed E-state index contributed by atoms with van der Waals surface area (Å²) in [6, 6.07) is 16.4. The summed E-state index contributed by atoms with van der Waals surface area (Å²) in [5, 5.41) is 11.2. The van der Waals surface area contributed by atoms with Gasteiger partial charge in [-0.3, -0.25) is 4.79 Å². The van der Waals surface area contributed by atoms with E-state index < -0.39 is 0 Å². The Balaban J connectivity index is 1.53. The van der Waals surface area contributed by atoms with Crippen LogP contribution >= 0.6 is 11.6 Å². The van der Waals surface area contributed by atoms with Crippen LogP contribution in [0.15, 0.2) is 60.8 Å². The van der Waals surface area contributed by atoms with E-state index in [0.29, 0.717) is 23.0 Å². The average Bonchev–Trinajstić information content (AvgIpc) is 3.01. The van der Waals surface area contributed by atoms with Crippen molar-refractivity contribution in [3.05, 3.63) is 71.5 Å². The SMILES string of the molecule is O=C(Cn1cc(COc2ccccc2)nn1)Nc1cccc(Cl)c1. The van der Waals surface area contributed by atoms with Gasteiger partial charge < -0.3 is 10.1 Å². The monoisotopic (exact) mass is 342 g/mol. The largest absolute Gasteiger partial charge is 0.487 e. The first-order chi connectivity index (χ1) is 11.7. The van der Waals surface area contributed by atoms with Crippen LogP contribution in [0, 0.1) is 0 Å². The van der Waals surface area contributed by atoms with Crippen molar-refractivity contribution in [3.63, 3.8) is 0 Å². The Labute approximate surface area is 144 Å².